The van der Waals surface area contributed by atoms with Crippen molar-refractivity contribution >= 4 is 36.6 Å². The number of methoxy groups -OCH3 is 6. The van der Waals surface area contributed by atoms with Crippen molar-refractivity contribution in [2.24, 2.45) is 28.7 Å². The van der Waals surface area contributed by atoms with Gasteiger partial charge in [-0.15, -0.1) is 24.8 Å². The molecule has 4 aliphatic carbocycles. The second-order valence-corrected chi connectivity index (χ2v) is 18.7. The van der Waals surface area contributed by atoms with Crippen molar-refractivity contribution in [3.8, 4) is 34.5 Å². The molecule has 0 bridgehead atoms. The van der Waals surface area contributed by atoms with Crippen LogP contribution >= 0.6 is 24.8 Å². The first-order valence-corrected chi connectivity index (χ1v) is 22.7. The second-order valence-electron chi connectivity index (χ2n) is 18.7. The summed E-state index contributed by atoms with van der Waals surface area (Å²) in [6, 6.07) is 12.7. The Bertz CT molecular complexity index is 2050. The lowest BCUT2D eigenvalue weighted by molar-refractivity contribution is -0.00145. The third kappa shape index (κ3) is 11.1. The van der Waals surface area contributed by atoms with Crippen molar-refractivity contribution in [3.05, 3.63) is 69.8 Å². The van der Waals surface area contributed by atoms with E-state index < -0.39 is 5.60 Å². The highest BCUT2D eigenvalue weighted by molar-refractivity contribution is 5.91. The van der Waals surface area contributed by atoms with Crippen LogP contribution in [0, 0.1) is 23.7 Å². The number of carbonyl (C=O) groups is 1. The minimum Gasteiger partial charge on any atom is -0.493 e. The fraction of sp³-hybridized carbons (Fsp3) is 0.608. The molecule has 3 aromatic rings. The van der Waals surface area contributed by atoms with E-state index in [-0.39, 0.29) is 36.9 Å². The summed E-state index contributed by atoms with van der Waals surface area (Å²) in [5.41, 5.74) is 8.96. The molecule has 2 fully saturated rings. The number of piperidine rings is 1. The van der Waals surface area contributed by atoms with Crippen molar-refractivity contribution < 1.29 is 38.0 Å². The van der Waals surface area contributed by atoms with E-state index in [0.717, 1.165) is 97.9 Å². The Morgan fingerprint density at radius 3 is 1.60 bits per heavy atom. The lowest BCUT2D eigenvalue weighted by Crippen LogP contribution is -2.53. The van der Waals surface area contributed by atoms with Crippen LogP contribution < -0.4 is 28.4 Å². The Labute approximate surface area is 388 Å². The number of likely N-dealkylation sites (tertiary alicyclic amines) is 1. The third-order valence-electron chi connectivity index (χ3n) is 14.0. The summed E-state index contributed by atoms with van der Waals surface area (Å²) < 4.78 is 38.6. The molecule has 6 aliphatic rings. The summed E-state index contributed by atoms with van der Waals surface area (Å²) in [6.45, 7) is 7.53. The first-order chi connectivity index (χ1) is 29.5. The molecule has 0 spiro atoms. The minimum atomic E-state index is -0.465. The number of amides is 1. The van der Waals surface area contributed by atoms with Gasteiger partial charge in [0.25, 0.3) is 0 Å². The van der Waals surface area contributed by atoms with E-state index in [0.29, 0.717) is 11.8 Å². The first kappa shape index (κ1) is 50.0. The van der Waals surface area contributed by atoms with Gasteiger partial charge in [-0.1, -0.05) is 31.0 Å². The molecule has 5 atom stereocenters. The van der Waals surface area contributed by atoms with Crippen molar-refractivity contribution in [1.82, 2.24) is 4.90 Å². The number of rotatable bonds is 6. The van der Waals surface area contributed by atoms with Gasteiger partial charge in [-0.3, -0.25) is 4.99 Å². The quantitative estimate of drug-likeness (QED) is 0.241. The van der Waals surface area contributed by atoms with Crippen molar-refractivity contribution in [1.29, 1.82) is 0 Å². The van der Waals surface area contributed by atoms with Crippen molar-refractivity contribution in [3.63, 3.8) is 0 Å². The van der Waals surface area contributed by atoms with Gasteiger partial charge in [-0.2, -0.15) is 0 Å². The van der Waals surface area contributed by atoms with Crippen LogP contribution in [0.1, 0.15) is 106 Å². The summed E-state index contributed by atoms with van der Waals surface area (Å²) in [5, 5.41) is 0. The molecule has 1 saturated heterocycles. The fourth-order valence-corrected chi connectivity index (χ4v) is 11.1. The predicted molar refractivity (Wildman–Crippen MR) is 255 cm³/mol. The van der Waals surface area contributed by atoms with E-state index >= 15 is 0 Å². The maximum atomic E-state index is 12.7. The average molecular weight is 912 g/mol. The molecule has 2 heterocycles. The van der Waals surface area contributed by atoms with Gasteiger partial charge in [-0.25, -0.2) is 4.79 Å². The van der Waals surface area contributed by atoms with Gasteiger partial charge in [-0.05, 0) is 144 Å². The number of benzene rings is 3. The van der Waals surface area contributed by atoms with Crippen LogP contribution in [-0.4, -0.2) is 84.1 Å². The molecule has 3 unspecified atom stereocenters. The molecule has 1 saturated carbocycles. The maximum absolute atomic E-state index is 12.7. The molecule has 0 aromatic heterocycles. The number of hydrogen-bond donors (Lipinski definition) is 0. The number of aliphatic imine (C=N–C) groups is 1. The molecule has 348 valence electrons. The smallest absolute Gasteiger partial charge is 0.410 e. The second kappa shape index (κ2) is 22.3. The number of halogens is 2. The lowest BCUT2D eigenvalue weighted by atomic mass is 9.69. The van der Waals surface area contributed by atoms with Crippen molar-refractivity contribution in [2.45, 2.75) is 122 Å². The molecule has 1 amide bonds. The number of fused-ring (bicyclic) bond motifs is 6. The van der Waals surface area contributed by atoms with E-state index in [4.69, 9.17) is 38.2 Å². The largest absolute Gasteiger partial charge is 0.493 e. The van der Waals surface area contributed by atoms with Gasteiger partial charge in [0.1, 0.15) is 5.60 Å². The lowest BCUT2D eigenvalue weighted by Gasteiger charge is -2.44. The van der Waals surface area contributed by atoms with Gasteiger partial charge >= 0.3 is 6.09 Å². The summed E-state index contributed by atoms with van der Waals surface area (Å²) in [7, 11) is 10.3. The SMILES string of the molecule is COc1ccc2c(c1OC)CC1CCCN=C1C2.COc1ccc2c(c1OC)C[C@H]1CCCCC1C2.COc1ccc2c(c1OC)C[C@H]1CCCN(C(=O)OC(C)(C)C)C1C2.Cl.Cl. The number of nitrogens with zero attached hydrogens (tertiary/aromatic N) is 2. The highest BCUT2D eigenvalue weighted by Crippen LogP contribution is 2.46. The standard InChI is InChI=1S/C20H29NO4.C16H22O2.C15H19NO2.2ClH/c1-20(2,3)25-19(22)21-10-6-7-14-11-15-13(12-16(14)21)8-9-17(23-4)18(15)24-5;1-17-15-8-7-13-9-11-5-3-4-6-12(11)10-14(13)16(15)18-2;1-17-14-6-5-10-9-13-11(4-3-7-16-13)8-12(10)15(14)18-2;;/h8-9,14,16H,6-7,10-12H2,1-5H3;7-8,11-12H,3-6,9-10H2,1-2H3;5-6,11H,3-4,7-9H2,1-2H3;2*1H/t14-,16?;11?,12-;;;/m11.../s1. The molecule has 9 rings (SSSR count). The summed E-state index contributed by atoms with van der Waals surface area (Å²) in [6.07, 6.45) is 16.3. The zero-order valence-corrected chi connectivity index (χ0v) is 40.8. The zero-order valence-electron chi connectivity index (χ0n) is 39.1. The van der Waals surface area contributed by atoms with Crippen LogP contribution in [0.2, 0.25) is 0 Å². The van der Waals surface area contributed by atoms with E-state index in [9.17, 15) is 4.79 Å². The fourth-order valence-electron chi connectivity index (χ4n) is 11.1. The maximum Gasteiger partial charge on any atom is 0.410 e. The highest BCUT2D eigenvalue weighted by atomic mass is 35.5. The Kier molecular flexibility index (Phi) is 17.7. The molecule has 12 heteroatoms. The van der Waals surface area contributed by atoms with Gasteiger partial charge in [0, 0.05) is 53.9 Å². The van der Waals surface area contributed by atoms with Crippen LogP contribution in [0.3, 0.4) is 0 Å². The van der Waals surface area contributed by atoms with Crippen LogP contribution in [-0.2, 0) is 43.3 Å². The molecule has 2 aliphatic heterocycles. The van der Waals surface area contributed by atoms with Gasteiger partial charge in [0.15, 0.2) is 34.5 Å². The number of carbonyl (C=O) groups excluding carboxylic acids is 1. The molecule has 10 nitrogen and oxygen atoms in total. The van der Waals surface area contributed by atoms with E-state index in [2.05, 4.69) is 24.3 Å². The monoisotopic (exact) mass is 910 g/mol. The van der Waals surface area contributed by atoms with E-state index in [1.165, 1.54) is 90.5 Å². The Morgan fingerprint density at radius 1 is 0.571 bits per heavy atom. The Balaban J connectivity index is 0.000000179. The van der Waals surface area contributed by atoms with Crippen LogP contribution in [0.15, 0.2) is 41.4 Å². The molecular formula is C51H72Cl2N2O8. The summed E-state index contributed by atoms with van der Waals surface area (Å²) >= 11 is 0. The highest BCUT2D eigenvalue weighted by Gasteiger charge is 2.41. The first-order valence-electron chi connectivity index (χ1n) is 22.7. The van der Waals surface area contributed by atoms with Crippen LogP contribution in [0.5, 0.6) is 34.5 Å². The van der Waals surface area contributed by atoms with Gasteiger partial charge in [0.2, 0.25) is 0 Å². The van der Waals surface area contributed by atoms with Crippen molar-refractivity contribution in [2.75, 3.05) is 55.7 Å². The number of ether oxygens (including phenoxy) is 7. The average Bonchev–Trinajstić information content (AvgIpc) is 3.27. The molecule has 0 radical (unpaired) electrons. The Morgan fingerprint density at radius 2 is 1.06 bits per heavy atom. The third-order valence-corrected chi connectivity index (χ3v) is 14.0. The molecule has 3 aromatic carbocycles. The van der Waals surface area contributed by atoms with Crippen LogP contribution in [0.4, 0.5) is 4.79 Å². The summed E-state index contributed by atoms with van der Waals surface area (Å²) in [4.78, 5) is 19.3. The van der Waals surface area contributed by atoms with E-state index in [1.54, 1.807) is 42.7 Å². The molecule has 63 heavy (non-hydrogen) atoms. The van der Waals surface area contributed by atoms with Crippen LogP contribution in [0.25, 0.3) is 0 Å². The zero-order chi connectivity index (χ0) is 43.3. The summed E-state index contributed by atoms with van der Waals surface area (Å²) in [5.74, 6) is 8.06. The Hall–Kier alpha value is -4.02. The normalized spacial score (nSPS) is 22.7. The van der Waals surface area contributed by atoms with E-state index in [1.807, 2.05) is 37.8 Å². The molecule has 0 N–H and O–H groups in total. The van der Waals surface area contributed by atoms with Gasteiger partial charge < -0.3 is 38.1 Å². The predicted octanol–water partition coefficient (Wildman–Crippen LogP) is 10.9. The molecular weight excluding hydrogens is 839 g/mol. The van der Waals surface area contributed by atoms with Gasteiger partial charge in [0.05, 0.1) is 42.7 Å². The topological polar surface area (TPSA) is 97.3 Å². The number of hydrogen-bond acceptors (Lipinski definition) is 9. The minimum absolute atomic E-state index is 0.